The first-order chi connectivity index (χ1) is 12.5. The fourth-order valence-electron chi connectivity index (χ4n) is 3.19. The van der Waals surface area contributed by atoms with Crippen molar-refractivity contribution < 1.29 is 4.79 Å². The highest BCUT2D eigenvalue weighted by atomic mass is 32.1. The van der Waals surface area contributed by atoms with E-state index in [1.165, 1.54) is 21.8 Å². The van der Waals surface area contributed by atoms with Crippen LogP contribution in [0.5, 0.6) is 0 Å². The van der Waals surface area contributed by atoms with Crippen molar-refractivity contribution in [1.29, 1.82) is 0 Å². The summed E-state index contributed by atoms with van der Waals surface area (Å²) in [6, 6.07) is 0. The van der Waals surface area contributed by atoms with Crippen LogP contribution in [-0.2, 0) is 24.1 Å². The van der Waals surface area contributed by atoms with E-state index in [2.05, 4.69) is 34.1 Å². The average molecular weight is 389 g/mol. The Morgan fingerprint density at radius 1 is 1.35 bits per heavy atom. The van der Waals surface area contributed by atoms with Crippen LogP contribution in [0.4, 0.5) is 5.13 Å². The van der Waals surface area contributed by atoms with Gasteiger partial charge < -0.3 is 10.3 Å². The van der Waals surface area contributed by atoms with Gasteiger partial charge in [0.05, 0.1) is 5.39 Å². The largest absolute Gasteiger partial charge is 0.310 e. The number of aryl methyl sites for hydroxylation is 3. The minimum Gasteiger partial charge on any atom is -0.310 e. The molecule has 26 heavy (non-hydrogen) atoms. The lowest BCUT2D eigenvalue weighted by Gasteiger charge is -2.03. The van der Waals surface area contributed by atoms with Crippen molar-refractivity contribution in [3.63, 3.8) is 0 Å². The summed E-state index contributed by atoms with van der Waals surface area (Å²) in [5.74, 6) is 0.845. The Labute approximate surface area is 158 Å². The number of carbonyl (C=O) groups is 1. The van der Waals surface area contributed by atoms with Crippen LogP contribution in [0, 0.1) is 0 Å². The van der Waals surface area contributed by atoms with Crippen LogP contribution in [0.2, 0.25) is 0 Å². The van der Waals surface area contributed by atoms with Gasteiger partial charge in [-0.15, -0.1) is 22.7 Å². The Morgan fingerprint density at radius 2 is 2.19 bits per heavy atom. The molecular weight excluding hydrogens is 368 g/mol. The molecule has 0 bridgehead atoms. The van der Waals surface area contributed by atoms with E-state index in [9.17, 15) is 9.59 Å². The quantitative estimate of drug-likeness (QED) is 0.699. The smallest absolute Gasteiger partial charge is 0.259 e. The van der Waals surface area contributed by atoms with Crippen LogP contribution >= 0.6 is 22.7 Å². The second-order valence-corrected chi connectivity index (χ2v) is 8.97. The number of fused-ring (bicyclic) bond motifs is 3. The van der Waals surface area contributed by atoms with Crippen molar-refractivity contribution in [2.45, 2.75) is 51.9 Å². The third-order valence-electron chi connectivity index (χ3n) is 4.55. The van der Waals surface area contributed by atoms with E-state index in [4.69, 9.17) is 0 Å². The summed E-state index contributed by atoms with van der Waals surface area (Å²) >= 11 is 3.11. The Bertz CT molecular complexity index is 1030. The van der Waals surface area contributed by atoms with Gasteiger partial charge in [-0.05, 0) is 30.7 Å². The van der Waals surface area contributed by atoms with E-state index in [0.717, 1.165) is 34.4 Å². The highest BCUT2D eigenvalue weighted by Crippen LogP contribution is 2.34. The molecular formula is C18H20N4O2S2. The van der Waals surface area contributed by atoms with Crippen molar-refractivity contribution in [1.82, 2.24) is 15.0 Å². The number of H-pyrrole nitrogens is 1. The topological polar surface area (TPSA) is 87.7 Å². The molecule has 0 spiro atoms. The molecule has 1 amide bonds. The maximum atomic E-state index is 12.4. The minimum absolute atomic E-state index is 0.0775. The van der Waals surface area contributed by atoms with Gasteiger partial charge in [-0.3, -0.25) is 9.59 Å². The predicted molar refractivity (Wildman–Crippen MR) is 105 cm³/mol. The molecule has 0 atom stereocenters. The van der Waals surface area contributed by atoms with Gasteiger partial charge in [-0.1, -0.05) is 13.8 Å². The molecule has 4 rings (SSSR count). The summed E-state index contributed by atoms with van der Waals surface area (Å²) in [6.07, 6.45) is 5.59. The van der Waals surface area contributed by atoms with Crippen LogP contribution in [0.1, 0.15) is 53.7 Å². The molecule has 0 fully saturated rings. The summed E-state index contributed by atoms with van der Waals surface area (Å²) in [5, 5.41) is 4.19. The highest BCUT2D eigenvalue weighted by molar-refractivity contribution is 7.18. The molecule has 8 heteroatoms. The van der Waals surface area contributed by atoms with Gasteiger partial charge in [0.15, 0.2) is 5.13 Å². The predicted octanol–water partition coefficient (Wildman–Crippen LogP) is 3.62. The molecule has 3 aromatic heterocycles. The fourth-order valence-corrected chi connectivity index (χ4v) is 5.31. The van der Waals surface area contributed by atoms with Crippen molar-refractivity contribution in [3.8, 4) is 0 Å². The van der Waals surface area contributed by atoms with Crippen molar-refractivity contribution >= 4 is 43.9 Å². The number of rotatable bonds is 5. The number of nitrogens with zero attached hydrogens (tertiary/aromatic N) is 2. The molecule has 0 unspecified atom stereocenters. The van der Waals surface area contributed by atoms with E-state index >= 15 is 0 Å². The zero-order valence-corrected chi connectivity index (χ0v) is 16.4. The Hall–Kier alpha value is -2.06. The zero-order chi connectivity index (χ0) is 18.3. The summed E-state index contributed by atoms with van der Waals surface area (Å²) in [7, 11) is 0. The van der Waals surface area contributed by atoms with Crippen LogP contribution in [0.25, 0.3) is 10.2 Å². The number of carbonyl (C=O) groups excluding carboxylic acids is 1. The number of nitrogens with one attached hydrogen (secondary N) is 2. The number of hydrogen-bond acceptors (Lipinski definition) is 6. The lowest BCUT2D eigenvalue weighted by molar-refractivity contribution is -0.116. The average Bonchev–Trinajstić information content (AvgIpc) is 3.27. The molecule has 136 valence electrons. The van der Waals surface area contributed by atoms with Crippen LogP contribution in [0.3, 0.4) is 0 Å². The lowest BCUT2D eigenvalue weighted by Crippen LogP contribution is -2.16. The maximum Gasteiger partial charge on any atom is 0.259 e. The number of aromatic nitrogens is 3. The number of hydrogen-bond donors (Lipinski definition) is 2. The first kappa shape index (κ1) is 17.4. The summed E-state index contributed by atoms with van der Waals surface area (Å²) in [5.41, 5.74) is 1.10. The van der Waals surface area contributed by atoms with Crippen molar-refractivity contribution in [2.75, 3.05) is 5.32 Å². The number of anilines is 1. The highest BCUT2D eigenvalue weighted by Gasteiger charge is 2.21. The fraction of sp³-hybridized carbons (Fsp3) is 0.444. The Kier molecular flexibility index (Phi) is 4.62. The van der Waals surface area contributed by atoms with Gasteiger partial charge in [0, 0.05) is 28.8 Å². The molecule has 6 nitrogen and oxygen atoms in total. The SMILES string of the molecule is CC(C)c1cnc(NC(=O)CCc2nc3sc4c(c3c(=O)[nH]2)CCC4)s1. The van der Waals surface area contributed by atoms with Crippen LogP contribution in [-0.4, -0.2) is 20.9 Å². The second kappa shape index (κ2) is 6.92. The van der Waals surface area contributed by atoms with E-state index < -0.39 is 0 Å². The molecule has 0 aliphatic heterocycles. The first-order valence-electron chi connectivity index (χ1n) is 8.80. The maximum absolute atomic E-state index is 12.4. The van der Waals surface area contributed by atoms with Crippen LogP contribution < -0.4 is 10.9 Å². The normalized spacial score (nSPS) is 13.5. The Morgan fingerprint density at radius 3 is 2.96 bits per heavy atom. The second-order valence-electron chi connectivity index (χ2n) is 6.82. The first-order valence-corrected chi connectivity index (χ1v) is 10.4. The van der Waals surface area contributed by atoms with Gasteiger partial charge in [0.2, 0.25) is 5.91 Å². The molecule has 0 radical (unpaired) electrons. The monoisotopic (exact) mass is 388 g/mol. The van der Waals surface area contributed by atoms with Gasteiger partial charge in [-0.2, -0.15) is 0 Å². The molecule has 0 saturated carbocycles. The van der Waals surface area contributed by atoms with Crippen molar-refractivity contribution in [3.05, 3.63) is 37.7 Å². The Balaban J connectivity index is 1.44. The number of aromatic amines is 1. The number of thiazole rings is 1. The van der Waals surface area contributed by atoms with E-state index in [1.54, 1.807) is 17.5 Å². The summed E-state index contributed by atoms with van der Waals surface area (Å²) in [4.78, 5) is 39.5. The number of amides is 1. The number of thiophene rings is 1. The summed E-state index contributed by atoms with van der Waals surface area (Å²) in [6.45, 7) is 4.19. The molecule has 2 N–H and O–H groups in total. The molecule has 3 aromatic rings. The minimum atomic E-state index is -0.119. The van der Waals surface area contributed by atoms with E-state index in [0.29, 0.717) is 23.3 Å². The van der Waals surface area contributed by atoms with Crippen LogP contribution in [0.15, 0.2) is 11.0 Å². The molecule has 0 saturated heterocycles. The molecule has 1 aliphatic carbocycles. The summed E-state index contributed by atoms with van der Waals surface area (Å²) < 4.78 is 0. The zero-order valence-electron chi connectivity index (χ0n) is 14.7. The van der Waals surface area contributed by atoms with Gasteiger partial charge in [0.25, 0.3) is 5.56 Å². The van der Waals surface area contributed by atoms with Crippen molar-refractivity contribution in [2.24, 2.45) is 0 Å². The standard InChI is InChI=1S/C18H20N4O2S2/c1-9(2)12-8-19-18(26-12)22-14(23)7-6-13-20-16(24)15-10-4-3-5-11(10)25-17(15)21-13/h8-9H,3-7H2,1-2H3,(H,19,22,23)(H,20,21,24). The third-order valence-corrected chi connectivity index (χ3v) is 6.95. The lowest BCUT2D eigenvalue weighted by atomic mass is 10.2. The third kappa shape index (κ3) is 3.31. The van der Waals surface area contributed by atoms with E-state index in [1.807, 2.05) is 0 Å². The molecule has 0 aromatic carbocycles. The van der Waals surface area contributed by atoms with Gasteiger partial charge >= 0.3 is 0 Å². The molecule has 1 aliphatic rings. The molecule has 3 heterocycles. The van der Waals surface area contributed by atoms with E-state index in [-0.39, 0.29) is 17.9 Å². The van der Waals surface area contributed by atoms with Gasteiger partial charge in [-0.25, -0.2) is 9.97 Å². The van der Waals surface area contributed by atoms with Gasteiger partial charge in [0.1, 0.15) is 10.7 Å².